The lowest BCUT2D eigenvalue weighted by molar-refractivity contribution is -0.147. The lowest BCUT2D eigenvalue weighted by Crippen LogP contribution is -2.52. The van der Waals surface area contributed by atoms with E-state index in [1.54, 1.807) is 29.1 Å². The molecule has 0 bridgehead atoms. The zero-order valence-corrected chi connectivity index (χ0v) is 24.9. The van der Waals surface area contributed by atoms with Crippen molar-refractivity contribution in [3.05, 3.63) is 42.0 Å². The topological polar surface area (TPSA) is 108 Å². The Morgan fingerprint density at radius 1 is 1.23 bits per heavy atom. The van der Waals surface area contributed by atoms with Crippen molar-refractivity contribution in [1.82, 2.24) is 14.8 Å². The Hall–Kier alpha value is -2.98. The number of carbonyl (C=O) groups is 2. The van der Waals surface area contributed by atoms with Gasteiger partial charge in [0.2, 0.25) is 6.41 Å². The number of hydrogen-bond acceptors (Lipinski definition) is 7. The standard InChI is InChI=1S/C25H37FN6O3.2C2H6/c1-4-31(13-9-19(2)32(18-33)23-22(28-3)6-5-12-29-23)24(34)25(26)10-14-30(15-11-25)17-21-8-7-20(16-27)35-21;2*1-2/h5-8,12,18-19,28H,4,9-11,13-17,27H2,1-3H3;2*1-2H3. The van der Waals surface area contributed by atoms with Crippen LogP contribution in [0.5, 0.6) is 0 Å². The van der Waals surface area contributed by atoms with Crippen molar-refractivity contribution in [1.29, 1.82) is 0 Å². The second kappa shape index (κ2) is 17.6. The minimum absolute atomic E-state index is 0.141. The van der Waals surface area contributed by atoms with Gasteiger partial charge >= 0.3 is 0 Å². The third-order valence-corrected chi connectivity index (χ3v) is 6.70. The van der Waals surface area contributed by atoms with Gasteiger partial charge in [-0.1, -0.05) is 27.7 Å². The van der Waals surface area contributed by atoms with Gasteiger partial charge in [0.1, 0.15) is 11.5 Å². The third kappa shape index (κ3) is 9.32. The molecule has 3 rings (SSSR count). The molecular weight excluding hydrogens is 499 g/mol. The fourth-order valence-electron chi connectivity index (χ4n) is 4.45. The van der Waals surface area contributed by atoms with E-state index in [0.29, 0.717) is 51.5 Å². The number of halogens is 1. The molecule has 0 spiro atoms. The van der Waals surface area contributed by atoms with E-state index < -0.39 is 11.6 Å². The number of anilines is 2. The Morgan fingerprint density at radius 3 is 2.41 bits per heavy atom. The minimum atomic E-state index is -1.88. The van der Waals surface area contributed by atoms with Gasteiger partial charge in [0, 0.05) is 58.3 Å². The van der Waals surface area contributed by atoms with Crippen LogP contribution in [-0.2, 0) is 22.7 Å². The van der Waals surface area contributed by atoms with Gasteiger partial charge in [0.25, 0.3) is 5.91 Å². The first-order valence-corrected chi connectivity index (χ1v) is 14.2. The van der Waals surface area contributed by atoms with Crippen LogP contribution in [0.25, 0.3) is 0 Å². The summed E-state index contributed by atoms with van der Waals surface area (Å²) in [6.45, 7) is 14.4. The number of carbonyl (C=O) groups excluding carboxylic acids is 2. The summed E-state index contributed by atoms with van der Waals surface area (Å²) >= 11 is 0. The second-order valence-corrected chi connectivity index (χ2v) is 8.97. The highest BCUT2D eigenvalue weighted by Crippen LogP contribution is 2.30. The molecule has 0 saturated carbocycles. The van der Waals surface area contributed by atoms with Crippen LogP contribution >= 0.6 is 0 Å². The molecule has 3 N–H and O–H groups in total. The molecule has 220 valence electrons. The molecule has 2 amide bonds. The zero-order chi connectivity index (χ0) is 29.4. The van der Waals surface area contributed by atoms with Crippen molar-refractivity contribution in [3.63, 3.8) is 0 Å². The Labute approximate surface area is 233 Å². The molecule has 9 nitrogen and oxygen atoms in total. The summed E-state index contributed by atoms with van der Waals surface area (Å²) in [6, 6.07) is 7.15. The Morgan fingerprint density at radius 2 is 1.87 bits per heavy atom. The molecule has 3 heterocycles. The van der Waals surface area contributed by atoms with Crippen molar-refractivity contribution >= 4 is 23.8 Å². The van der Waals surface area contributed by atoms with Crippen molar-refractivity contribution in [2.75, 3.05) is 43.4 Å². The van der Waals surface area contributed by atoms with Crippen LogP contribution in [0.4, 0.5) is 15.9 Å². The summed E-state index contributed by atoms with van der Waals surface area (Å²) < 4.78 is 21.4. The van der Waals surface area contributed by atoms with Crippen molar-refractivity contribution in [2.45, 2.75) is 85.6 Å². The Balaban J connectivity index is 0.00000181. The van der Waals surface area contributed by atoms with E-state index in [0.717, 1.165) is 23.6 Å². The van der Waals surface area contributed by atoms with Gasteiger partial charge in [-0.15, -0.1) is 0 Å². The third-order valence-electron chi connectivity index (χ3n) is 6.70. The first-order chi connectivity index (χ1) is 18.8. The maximum atomic E-state index is 15.7. The first-order valence-electron chi connectivity index (χ1n) is 14.2. The van der Waals surface area contributed by atoms with E-state index in [-0.39, 0.29) is 18.9 Å². The molecule has 1 saturated heterocycles. The van der Waals surface area contributed by atoms with E-state index in [2.05, 4.69) is 15.2 Å². The molecule has 1 aliphatic heterocycles. The first kappa shape index (κ1) is 34.0. The fraction of sp³-hybridized carbons (Fsp3) is 0.621. The maximum Gasteiger partial charge on any atom is 0.260 e. The van der Waals surface area contributed by atoms with Crippen LogP contribution in [0.3, 0.4) is 0 Å². The number of nitrogens with zero attached hydrogens (tertiary/aromatic N) is 4. The van der Waals surface area contributed by atoms with Gasteiger partial charge in [0.05, 0.1) is 18.8 Å². The lowest BCUT2D eigenvalue weighted by Gasteiger charge is -2.38. The van der Waals surface area contributed by atoms with E-state index in [4.69, 9.17) is 10.2 Å². The van der Waals surface area contributed by atoms with Crippen molar-refractivity contribution in [3.8, 4) is 0 Å². The van der Waals surface area contributed by atoms with E-state index >= 15 is 4.39 Å². The summed E-state index contributed by atoms with van der Waals surface area (Å²) in [5.74, 6) is 1.57. The monoisotopic (exact) mass is 548 g/mol. The van der Waals surface area contributed by atoms with E-state index in [1.165, 1.54) is 0 Å². The summed E-state index contributed by atoms with van der Waals surface area (Å²) in [6.07, 6.45) is 3.16. The summed E-state index contributed by atoms with van der Waals surface area (Å²) in [7, 11) is 1.77. The SMILES string of the molecule is CC.CC.CCN(CCC(C)N(C=O)c1ncccc1NC)C(=O)C1(F)CCN(Cc2ccc(CN)o2)CC1. The fourth-order valence-corrected chi connectivity index (χ4v) is 4.45. The Bertz CT molecular complexity index is 977. The van der Waals surface area contributed by atoms with Crippen molar-refractivity contribution in [2.24, 2.45) is 5.73 Å². The quantitative estimate of drug-likeness (QED) is 0.366. The number of rotatable bonds is 12. The predicted octanol–water partition coefficient (Wildman–Crippen LogP) is 4.82. The number of furan rings is 1. The molecule has 1 atom stereocenters. The molecular formula is C29H49FN6O3. The number of pyridine rings is 1. The Kier molecular flexibility index (Phi) is 15.3. The molecule has 1 aliphatic rings. The molecule has 2 aromatic heterocycles. The van der Waals surface area contributed by atoms with Crippen LogP contribution < -0.4 is 16.0 Å². The number of amides is 2. The van der Waals surface area contributed by atoms with Crippen LogP contribution in [0, 0.1) is 0 Å². The van der Waals surface area contributed by atoms with Gasteiger partial charge < -0.3 is 20.4 Å². The largest absolute Gasteiger partial charge is 0.463 e. The van der Waals surface area contributed by atoms with Gasteiger partial charge in [-0.25, -0.2) is 9.37 Å². The molecule has 0 aliphatic carbocycles. The number of piperidine rings is 1. The van der Waals surface area contributed by atoms with Crippen LogP contribution in [0.1, 0.15) is 72.3 Å². The van der Waals surface area contributed by atoms with Gasteiger partial charge in [-0.3, -0.25) is 19.4 Å². The molecule has 0 aromatic carbocycles. The summed E-state index contributed by atoms with van der Waals surface area (Å²) in [5.41, 5.74) is 4.44. The number of nitrogens with two attached hydrogens (primary N) is 1. The van der Waals surface area contributed by atoms with Crippen LogP contribution in [0.15, 0.2) is 34.9 Å². The molecule has 39 heavy (non-hydrogen) atoms. The molecule has 0 radical (unpaired) electrons. The second-order valence-electron chi connectivity index (χ2n) is 8.97. The molecule has 10 heteroatoms. The average molecular weight is 549 g/mol. The highest BCUT2D eigenvalue weighted by atomic mass is 19.1. The van der Waals surface area contributed by atoms with Gasteiger partial charge in [-0.05, 0) is 44.5 Å². The smallest absolute Gasteiger partial charge is 0.260 e. The maximum absolute atomic E-state index is 15.7. The van der Waals surface area contributed by atoms with Crippen LogP contribution in [0.2, 0.25) is 0 Å². The van der Waals surface area contributed by atoms with E-state index in [9.17, 15) is 9.59 Å². The van der Waals surface area contributed by atoms with Crippen LogP contribution in [-0.4, -0.2) is 72.0 Å². The number of likely N-dealkylation sites (tertiary alicyclic amines) is 1. The molecule has 1 unspecified atom stereocenters. The van der Waals surface area contributed by atoms with Gasteiger partial charge in [0.15, 0.2) is 11.5 Å². The van der Waals surface area contributed by atoms with E-state index in [1.807, 2.05) is 59.7 Å². The predicted molar refractivity (Wildman–Crippen MR) is 156 cm³/mol. The van der Waals surface area contributed by atoms with Crippen molar-refractivity contribution < 1.29 is 18.4 Å². The summed E-state index contributed by atoms with van der Waals surface area (Å²) in [5, 5.41) is 3.04. The average Bonchev–Trinajstić information content (AvgIpc) is 3.45. The number of alkyl halides is 1. The normalized spacial score (nSPS) is 15.1. The zero-order valence-electron chi connectivity index (χ0n) is 24.9. The molecule has 2 aromatic rings. The number of nitrogens with one attached hydrogen (secondary N) is 1. The number of aromatic nitrogens is 1. The highest BCUT2D eigenvalue weighted by Gasteiger charge is 2.44. The lowest BCUT2D eigenvalue weighted by atomic mass is 9.91. The minimum Gasteiger partial charge on any atom is -0.463 e. The summed E-state index contributed by atoms with van der Waals surface area (Å²) in [4.78, 5) is 34.5. The highest BCUT2D eigenvalue weighted by molar-refractivity contribution is 5.85. The molecule has 1 fully saturated rings. The number of hydrogen-bond donors (Lipinski definition) is 2. The van der Waals surface area contributed by atoms with Gasteiger partial charge in [-0.2, -0.15) is 0 Å².